The number of rotatable bonds is 6. The van der Waals surface area contributed by atoms with Crippen molar-refractivity contribution in [2.24, 2.45) is 5.92 Å². The van der Waals surface area contributed by atoms with E-state index in [-0.39, 0.29) is 11.7 Å². The molecule has 0 fully saturated rings. The van der Waals surface area contributed by atoms with Gasteiger partial charge in [0.2, 0.25) is 0 Å². The molecule has 3 nitrogen and oxygen atoms in total. The Labute approximate surface area is 109 Å². The van der Waals surface area contributed by atoms with E-state index >= 15 is 0 Å². The fourth-order valence-corrected chi connectivity index (χ4v) is 2.21. The largest absolute Gasteiger partial charge is 0.496 e. The Balaban J connectivity index is 2.98. The molecular weight excluding hydrogens is 228 g/mol. The molecule has 1 atom stereocenters. The number of carbonyl (C=O) groups is 1. The Morgan fingerprint density at radius 3 is 2.50 bits per heavy atom. The highest BCUT2D eigenvalue weighted by Gasteiger charge is 2.18. The molecule has 1 unspecified atom stereocenters. The monoisotopic (exact) mass is 250 g/mol. The van der Waals surface area contributed by atoms with Crippen LogP contribution in [-0.4, -0.2) is 26.6 Å². The molecule has 1 rings (SSSR count). The van der Waals surface area contributed by atoms with Crippen molar-refractivity contribution in [2.45, 2.75) is 27.2 Å². The quantitative estimate of drug-likeness (QED) is 0.727. The highest BCUT2D eigenvalue weighted by Crippen LogP contribution is 2.26. The van der Waals surface area contributed by atoms with Crippen LogP contribution >= 0.6 is 0 Å². The number of benzene rings is 1. The van der Waals surface area contributed by atoms with Crippen molar-refractivity contribution in [1.82, 2.24) is 0 Å². The Hall–Kier alpha value is -1.35. The standard InChI is InChI=1S/C15H22O3/c1-10-6-12(3)15(14(8-10)18-5)13(16)7-11(2)9-17-4/h6,8,11H,7,9H2,1-5H3. The zero-order chi connectivity index (χ0) is 13.7. The molecule has 0 bridgehead atoms. The molecule has 0 aliphatic rings. The highest BCUT2D eigenvalue weighted by atomic mass is 16.5. The summed E-state index contributed by atoms with van der Waals surface area (Å²) in [6.07, 6.45) is 0.480. The predicted molar refractivity (Wildman–Crippen MR) is 72.5 cm³/mol. The maximum atomic E-state index is 12.3. The van der Waals surface area contributed by atoms with Gasteiger partial charge in [-0.15, -0.1) is 0 Å². The van der Waals surface area contributed by atoms with Gasteiger partial charge in [0.1, 0.15) is 5.75 Å². The van der Waals surface area contributed by atoms with Crippen molar-refractivity contribution in [3.63, 3.8) is 0 Å². The van der Waals surface area contributed by atoms with Crippen LogP contribution in [-0.2, 0) is 4.74 Å². The number of Topliss-reactive ketones (excluding diaryl/α,β-unsaturated/α-hetero) is 1. The van der Waals surface area contributed by atoms with E-state index < -0.39 is 0 Å². The molecule has 0 saturated heterocycles. The summed E-state index contributed by atoms with van der Waals surface area (Å²) in [7, 11) is 3.25. The fourth-order valence-electron chi connectivity index (χ4n) is 2.21. The molecule has 100 valence electrons. The topological polar surface area (TPSA) is 35.5 Å². The average Bonchev–Trinajstić information content (AvgIpc) is 2.27. The van der Waals surface area contributed by atoms with Crippen molar-refractivity contribution in [2.75, 3.05) is 20.8 Å². The van der Waals surface area contributed by atoms with Gasteiger partial charge in [0.05, 0.1) is 12.7 Å². The lowest BCUT2D eigenvalue weighted by atomic mass is 9.95. The zero-order valence-electron chi connectivity index (χ0n) is 11.9. The van der Waals surface area contributed by atoms with Gasteiger partial charge in [-0.05, 0) is 37.0 Å². The highest BCUT2D eigenvalue weighted by molar-refractivity contribution is 6.00. The summed E-state index contributed by atoms with van der Waals surface area (Å²) < 4.78 is 10.4. The van der Waals surface area contributed by atoms with Gasteiger partial charge in [-0.1, -0.05) is 13.0 Å². The lowest BCUT2D eigenvalue weighted by Crippen LogP contribution is -2.13. The van der Waals surface area contributed by atoms with Crippen molar-refractivity contribution in [3.8, 4) is 5.75 Å². The van der Waals surface area contributed by atoms with Crippen LogP contribution in [0.4, 0.5) is 0 Å². The molecule has 0 amide bonds. The van der Waals surface area contributed by atoms with E-state index in [9.17, 15) is 4.79 Å². The van der Waals surface area contributed by atoms with E-state index in [2.05, 4.69) is 0 Å². The van der Waals surface area contributed by atoms with Crippen molar-refractivity contribution >= 4 is 5.78 Å². The van der Waals surface area contributed by atoms with Gasteiger partial charge in [-0.25, -0.2) is 0 Å². The average molecular weight is 250 g/mol. The fraction of sp³-hybridized carbons (Fsp3) is 0.533. The third kappa shape index (κ3) is 3.57. The van der Waals surface area contributed by atoms with Gasteiger partial charge in [0.15, 0.2) is 5.78 Å². The molecule has 0 saturated carbocycles. The van der Waals surface area contributed by atoms with Crippen LogP contribution in [0.5, 0.6) is 5.75 Å². The molecule has 1 aromatic carbocycles. The summed E-state index contributed by atoms with van der Waals surface area (Å²) >= 11 is 0. The van der Waals surface area contributed by atoms with Crippen molar-refractivity contribution in [3.05, 3.63) is 28.8 Å². The van der Waals surface area contributed by atoms with Gasteiger partial charge >= 0.3 is 0 Å². The number of methoxy groups -OCH3 is 2. The van der Waals surface area contributed by atoms with Crippen molar-refractivity contribution in [1.29, 1.82) is 0 Å². The van der Waals surface area contributed by atoms with Crippen LogP contribution in [0.2, 0.25) is 0 Å². The second-order valence-electron chi connectivity index (χ2n) is 4.85. The van der Waals surface area contributed by atoms with Crippen LogP contribution in [0.25, 0.3) is 0 Å². The number of ketones is 1. The van der Waals surface area contributed by atoms with Crippen LogP contribution < -0.4 is 4.74 Å². The minimum absolute atomic E-state index is 0.119. The third-order valence-electron chi connectivity index (χ3n) is 2.93. The molecule has 0 N–H and O–H groups in total. The van der Waals surface area contributed by atoms with Crippen LogP contribution in [0.3, 0.4) is 0 Å². The van der Waals surface area contributed by atoms with E-state index in [1.54, 1.807) is 14.2 Å². The van der Waals surface area contributed by atoms with Gasteiger partial charge in [-0.2, -0.15) is 0 Å². The second-order valence-corrected chi connectivity index (χ2v) is 4.85. The van der Waals surface area contributed by atoms with Gasteiger partial charge < -0.3 is 9.47 Å². The number of ether oxygens (including phenoxy) is 2. The first-order chi connectivity index (χ1) is 8.49. The molecule has 0 aliphatic heterocycles. The minimum atomic E-state index is 0.119. The Bertz CT molecular complexity index is 424. The summed E-state index contributed by atoms with van der Waals surface area (Å²) in [5.41, 5.74) is 2.78. The van der Waals surface area contributed by atoms with Crippen LogP contribution in [0, 0.1) is 19.8 Å². The van der Waals surface area contributed by atoms with Crippen LogP contribution in [0.15, 0.2) is 12.1 Å². The summed E-state index contributed by atoms with van der Waals surface area (Å²) in [6.45, 7) is 6.55. The lowest BCUT2D eigenvalue weighted by molar-refractivity contribution is 0.0916. The summed E-state index contributed by atoms with van der Waals surface area (Å²) in [5, 5.41) is 0. The smallest absolute Gasteiger partial charge is 0.167 e. The maximum Gasteiger partial charge on any atom is 0.167 e. The number of aryl methyl sites for hydroxylation is 2. The second kappa shape index (κ2) is 6.55. The first kappa shape index (κ1) is 14.7. The maximum absolute atomic E-state index is 12.3. The number of hydrogen-bond acceptors (Lipinski definition) is 3. The SMILES string of the molecule is COCC(C)CC(=O)c1c(C)cc(C)cc1OC. The Kier molecular flexibility index (Phi) is 5.35. The van der Waals surface area contributed by atoms with Crippen LogP contribution in [0.1, 0.15) is 34.8 Å². The van der Waals surface area contributed by atoms with E-state index in [4.69, 9.17) is 9.47 Å². The van der Waals surface area contributed by atoms with Gasteiger partial charge in [0.25, 0.3) is 0 Å². The van der Waals surface area contributed by atoms with E-state index in [0.29, 0.717) is 24.3 Å². The summed E-state index contributed by atoms with van der Waals surface area (Å²) in [6, 6.07) is 3.91. The molecular formula is C15H22O3. The number of carbonyl (C=O) groups excluding carboxylic acids is 1. The first-order valence-electron chi connectivity index (χ1n) is 6.17. The molecule has 18 heavy (non-hydrogen) atoms. The van der Waals surface area contributed by atoms with E-state index in [1.807, 2.05) is 32.9 Å². The zero-order valence-corrected chi connectivity index (χ0v) is 11.9. The minimum Gasteiger partial charge on any atom is -0.496 e. The predicted octanol–water partition coefficient (Wildman–Crippen LogP) is 3.17. The Morgan fingerprint density at radius 2 is 1.94 bits per heavy atom. The Morgan fingerprint density at radius 1 is 1.28 bits per heavy atom. The van der Waals surface area contributed by atoms with Gasteiger partial charge in [0, 0.05) is 20.1 Å². The molecule has 3 heteroatoms. The molecule has 0 aliphatic carbocycles. The molecule has 1 aromatic rings. The molecule has 0 radical (unpaired) electrons. The molecule has 0 spiro atoms. The van der Waals surface area contributed by atoms with Crippen molar-refractivity contribution < 1.29 is 14.3 Å². The molecule has 0 heterocycles. The summed E-state index contributed by atoms with van der Waals surface area (Å²) in [5.74, 6) is 1.00. The van der Waals surface area contributed by atoms with E-state index in [0.717, 1.165) is 11.1 Å². The lowest BCUT2D eigenvalue weighted by Gasteiger charge is -2.14. The van der Waals surface area contributed by atoms with E-state index in [1.165, 1.54) is 0 Å². The third-order valence-corrected chi connectivity index (χ3v) is 2.93. The molecule has 0 aromatic heterocycles. The first-order valence-corrected chi connectivity index (χ1v) is 6.17. The van der Waals surface area contributed by atoms with Gasteiger partial charge in [-0.3, -0.25) is 4.79 Å². The normalized spacial score (nSPS) is 12.3. The number of hydrogen-bond donors (Lipinski definition) is 0. The summed E-state index contributed by atoms with van der Waals surface area (Å²) in [4.78, 5) is 12.3.